The van der Waals surface area contributed by atoms with Gasteiger partial charge in [0.05, 0.1) is 6.61 Å². The largest absolute Gasteiger partial charge is 0.486 e. The summed E-state index contributed by atoms with van der Waals surface area (Å²) in [5.74, 6) is -47.3. The van der Waals surface area contributed by atoms with Crippen LogP contribution in [0.3, 0.4) is 0 Å². The minimum Gasteiger partial charge on any atom is -0.486 e. The van der Waals surface area contributed by atoms with Gasteiger partial charge in [-0.25, -0.2) is 70.2 Å². The van der Waals surface area contributed by atoms with E-state index in [0.717, 1.165) is 12.4 Å². The first-order valence-corrected chi connectivity index (χ1v) is 21.0. The van der Waals surface area contributed by atoms with Crippen molar-refractivity contribution in [3.05, 3.63) is 175 Å². The van der Waals surface area contributed by atoms with Crippen molar-refractivity contribution in [3.63, 3.8) is 0 Å². The summed E-state index contributed by atoms with van der Waals surface area (Å²) in [5.41, 5.74) is -10.7. The molecule has 64 heavy (non-hydrogen) atoms. The monoisotopic (exact) mass is 1110 g/mol. The third kappa shape index (κ3) is 8.93. The minimum atomic E-state index is -6.24. The molecule has 0 radical (unpaired) electrons. The number of ether oxygens (including phenoxy) is 2. The highest BCUT2D eigenvalue weighted by atomic mass is 127. The van der Waals surface area contributed by atoms with Crippen LogP contribution in [-0.2, 0) is 4.74 Å². The Kier molecular flexibility index (Phi) is 16.4. The van der Waals surface area contributed by atoms with Crippen LogP contribution in [0.1, 0.15) is 6.92 Å². The highest BCUT2D eigenvalue weighted by molar-refractivity contribution is 7.22. The van der Waals surface area contributed by atoms with E-state index in [4.69, 9.17) is 55.9 Å². The fraction of sp³-hybridized carbons (Fsp3) is 0.100. The minimum absolute atomic E-state index is 0.185. The Labute approximate surface area is 380 Å². The lowest BCUT2D eigenvalue weighted by Crippen LogP contribution is -3.61. The molecule has 0 spiro atoms. The fourth-order valence-electron chi connectivity index (χ4n) is 6.46. The van der Waals surface area contributed by atoms with Crippen LogP contribution < -0.4 is 47.8 Å². The first kappa shape index (κ1) is 50.9. The van der Waals surface area contributed by atoms with Crippen LogP contribution in [0.4, 0.5) is 70.2 Å². The molecule has 6 aromatic rings. The molecule has 0 aliphatic heterocycles. The molecule has 0 aromatic heterocycles. The average Bonchev–Trinajstić information content (AvgIpc) is 3.28. The summed E-state index contributed by atoms with van der Waals surface area (Å²) in [7, 11) is 0. The molecule has 0 fully saturated rings. The van der Waals surface area contributed by atoms with Gasteiger partial charge in [0.25, 0.3) is 0 Å². The summed E-state index contributed by atoms with van der Waals surface area (Å²) < 4.78 is 252. The Bertz CT molecular complexity index is 2390. The van der Waals surface area contributed by atoms with E-state index in [9.17, 15) is 52.7 Å². The topological polar surface area (TPSA) is 18.5 Å². The van der Waals surface area contributed by atoms with Crippen LogP contribution in [0.5, 0.6) is 5.75 Å². The van der Waals surface area contributed by atoms with Crippen molar-refractivity contribution >= 4 is 74.4 Å². The van der Waals surface area contributed by atoms with Gasteiger partial charge in [0.1, 0.15) is 36.0 Å². The maximum Gasteiger partial charge on any atom is 0.362 e. The molecule has 0 saturated carbocycles. The van der Waals surface area contributed by atoms with Crippen molar-refractivity contribution in [2.75, 3.05) is 19.8 Å². The maximum absolute atomic E-state index is 15.8. The van der Waals surface area contributed by atoms with Crippen LogP contribution in [-0.4, -0.2) is 26.0 Å². The molecular weight excluding hydrogens is 1100 g/mol. The zero-order chi connectivity index (χ0) is 47.7. The van der Waals surface area contributed by atoms with E-state index in [0.29, 0.717) is 13.2 Å². The first-order valence-electron chi connectivity index (χ1n) is 17.3. The number of rotatable bonds is 11. The summed E-state index contributed by atoms with van der Waals surface area (Å²) in [6, 6.07) is 18.9. The Balaban J connectivity index is 0.000000337. The number of halogens is 21. The van der Waals surface area contributed by atoms with E-state index in [-0.39, 0.29) is 21.2 Å². The Morgan fingerprint density at radius 2 is 0.719 bits per heavy atom. The molecule has 6 rings (SSSR count). The molecular formula is C40H18BCl4F16IO2. The Morgan fingerprint density at radius 3 is 1.06 bits per heavy atom. The van der Waals surface area contributed by atoms with E-state index in [1.165, 1.54) is 7.14 Å². The number of hydrogen-bond donors (Lipinski definition) is 0. The molecule has 24 heteroatoms. The van der Waals surface area contributed by atoms with Crippen molar-refractivity contribution in [3.8, 4) is 5.75 Å². The summed E-state index contributed by atoms with van der Waals surface area (Å²) in [4.78, 5) is 0. The van der Waals surface area contributed by atoms with E-state index in [1.807, 2.05) is 19.1 Å². The molecule has 2 nitrogen and oxygen atoms in total. The molecule has 0 saturated heterocycles. The molecule has 0 bridgehead atoms. The molecule has 0 heterocycles. The van der Waals surface area contributed by atoms with Crippen LogP contribution >= 0.6 is 46.4 Å². The van der Waals surface area contributed by atoms with Crippen LogP contribution in [0.2, 0.25) is 20.1 Å². The lowest BCUT2D eigenvalue weighted by atomic mass is 9.12. The zero-order valence-corrected chi connectivity index (χ0v) is 36.3. The smallest absolute Gasteiger partial charge is 0.362 e. The summed E-state index contributed by atoms with van der Waals surface area (Å²) in [6.07, 6.45) is -6.24. The van der Waals surface area contributed by atoms with Crippen LogP contribution in [0.25, 0.3) is 0 Å². The van der Waals surface area contributed by atoms with Crippen molar-refractivity contribution in [1.29, 1.82) is 0 Å². The Hall–Kier alpha value is -4.09. The highest BCUT2D eigenvalue weighted by Crippen LogP contribution is 2.35. The van der Waals surface area contributed by atoms with Gasteiger partial charge in [0, 0.05) is 26.7 Å². The van der Waals surface area contributed by atoms with Gasteiger partial charge in [0.2, 0.25) is 3.57 Å². The second kappa shape index (κ2) is 20.6. The normalized spacial score (nSPS) is 11.5. The van der Waals surface area contributed by atoms with Gasteiger partial charge in [-0.1, -0.05) is 76.7 Å². The second-order valence-corrected chi connectivity index (χ2v) is 17.1. The van der Waals surface area contributed by atoms with Crippen molar-refractivity contribution < 1.29 is 101 Å². The maximum atomic E-state index is 15.8. The van der Waals surface area contributed by atoms with Gasteiger partial charge >= 0.3 is 21.2 Å². The van der Waals surface area contributed by atoms with E-state index in [2.05, 4.69) is 42.5 Å². The van der Waals surface area contributed by atoms with Gasteiger partial charge in [-0.05, 0) is 31.2 Å². The average molecular weight is 1110 g/mol. The third-order valence-corrected chi connectivity index (χ3v) is 13.5. The van der Waals surface area contributed by atoms with E-state index >= 15 is 17.6 Å². The van der Waals surface area contributed by atoms with Crippen molar-refractivity contribution in [2.24, 2.45) is 0 Å². The standard InChI is InChI=1S/C24BCl4F16.C16H18IO2/c26-5-1(9(30)17(38)21(42)13(5)34)25(2-6(27)14(35)22(43)18(39)10(2)31,3-7(28)15(36)23(44)19(40)11(3)32)4-8(29)16(37)24(45)20(41)12(4)33;1-2-18-12-13-19-16-11-7-6-10-15(16)17-14-8-4-3-5-9-14/h;3-11H,2,12-13H2,1H3/q-1;+1. The highest BCUT2D eigenvalue weighted by Gasteiger charge is 2.50. The van der Waals surface area contributed by atoms with Crippen LogP contribution in [0, 0.1) is 100 Å². The van der Waals surface area contributed by atoms with E-state index < -0.39 is 141 Å². The number of hydrogen-bond acceptors (Lipinski definition) is 2. The predicted octanol–water partition coefficient (Wildman–Crippen LogP) is 8.13. The first-order chi connectivity index (χ1) is 30.1. The van der Waals surface area contributed by atoms with Crippen molar-refractivity contribution in [2.45, 2.75) is 6.92 Å². The molecule has 0 amide bonds. The molecule has 0 aliphatic rings. The fourth-order valence-corrected chi connectivity index (χ4v) is 10.2. The van der Waals surface area contributed by atoms with E-state index in [1.54, 1.807) is 0 Å². The molecule has 0 N–H and O–H groups in total. The molecule has 0 unspecified atom stereocenters. The molecule has 340 valence electrons. The lowest BCUT2D eigenvalue weighted by Gasteiger charge is -2.46. The van der Waals surface area contributed by atoms with Crippen LogP contribution in [0.15, 0.2) is 54.6 Å². The summed E-state index contributed by atoms with van der Waals surface area (Å²) in [5, 5.41) is -9.69. The van der Waals surface area contributed by atoms with Gasteiger partial charge < -0.3 is 9.47 Å². The quantitative estimate of drug-likeness (QED) is 0.0326. The molecule has 6 aromatic carbocycles. The van der Waals surface area contributed by atoms with Gasteiger partial charge in [-0.15, -0.1) is 21.9 Å². The summed E-state index contributed by atoms with van der Waals surface area (Å²) >= 11 is 22.1. The third-order valence-electron chi connectivity index (χ3n) is 9.18. The SMILES string of the molecule is CCOCCOc1ccccc1[I+]c1ccccc1.Fc1c(F)c(F)c([B-](c2c(F)c(F)c(F)c(F)c2Cl)(c2c(F)c(F)c(F)c(F)c2Cl)c2c(F)c(F)c(F)c(F)c2Cl)c(Cl)c1F. The predicted molar refractivity (Wildman–Crippen MR) is 202 cm³/mol. The second-order valence-electron chi connectivity index (χ2n) is 12.7. The van der Waals surface area contributed by atoms with Gasteiger partial charge in [0.15, 0.2) is 79.1 Å². The zero-order valence-electron chi connectivity index (χ0n) is 31.1. The number of para-hydroxylation sites is 1. The lowest BCUT2D eigenvalue weighted by molar-refractivity contribution is -0.598. The number of benzene rings is 6. The van der Waals surface area contributed by atoms with Gasteiger partial charge in [-0.2, -0.15) is 0 Å². The van der Waals surface area contributed by atoms with Gasteiger partial charge in [-0.3, -0.25) is 0 Å². The molecule has 0 aliphatic carbocycles. The Morgan fingerprint density at radius 1 is 0.406 bits per heavy atom. The summed E-state index contributed by atoms with van der Waals surface area (Å²) in [6.45, 7) is 3.99. The van der Waals surface area contributed by atoms with Crippen molar-refractivity contribution in [1.82, 2.24) is 0 Å². The molecule has 0 atom stereocenters.